The molecule has 0 aromatic heterocycles. The molecule has 0 heterocycles. The van der Waals surface area contributed by atoms with Crippen molar-refractivity contribution in [2.24, 2.45) is 0 Å². The van der Waals surface area contributed by atoms with Crippen molar-refractivity contribution in [3.63, 3.8) is 0 Å². The van der Waals surface area contributed by atoms with E-state index in [1.54, 1.807) is 0 Å². The maximum Gasteiger partial charge on any atom is -0.00117 e. The van der Waals surface area contributed by atoms with E-state index in [1.807, 2.05) is 6.08 Å². The Kier molecular flexibility index (Phi) is 1.10. The van der Waals surface area contributed by atoms with Gasteiger partial charge in [0.1, 0.15) is 0 Å². The molecule has 0 fully saturated rings. The van der Waals surface area contributed by atoms with E-state index in [1.165, 1.54) is 4.48 Å². The Morgan fingerprint density at radius 1 is 1.67 bits per heavy atom. The van der Waals surface area contributed by atoms with Gasteiger partial charge in [-0.1, -0.05) is 34.2 Å². The van der Waals surface area contributed by atoms with Crippen LogP contribution in [0.15, 0.2) is 22.7 Å². The minimum Gasteiger partial charge on any atom is -0.0796 e. The highest BCUT2D eigenvalue weighted by atomic mass is 79.9. The van der Waals surface area contributed by atoms with Gasteiger partial charge in [-0.05, 0) is 10.9 Å². The average Bonchev–Trinajstić information content (AvgIpc) is 1.86. The van der Waals surface area contributed by atoms with Crippen LogP contribution in [0.2, 0.25) is 0 Å². The van der Waals surface area contributed by atoms with Crippen LogP contribution < -0.4 is 0 Å². The monoisotopic (exact) mass is 144 g/mol. The van der Waals surface area contributed by atoms with Crippen molar-refractivity contribution < 1.29 is 0 Å². The van der Waals surface area contributed by atoms with Crippen LogP contribution in [0.1, 0.15) is 6.42 Å². The molecule has 0 N–H and O–H groups in total. The van der Waals surface area contributed by atoms with Crippen LogP contribution in [-0.2, 0) is 0 Å². The van der Waals surface area contributed by atoms with Crippen molar-refractivity contribution in [1.82, 2.24) is 0 Å². The molecule has 1 rings (SSSR count). The highest BCUT2D eigenvalue weighted by molar-refractivity contribution is 9.11. The lowest BCUT2D eigenvalue weighted by molar-refractivity contribution is 1.43. The summed E-state index contributed by atoms with van der Waals surface area (Å²) in [6.45, 7) is 0. The SMILES string of the molecule is BrC1=CC=CC1. The number of rotatable bonds is 0. The van der Waals surface area contributed by atoms with Gasteiger partial charge >= 0.3 is 0 Å². The van der Waals surface area contributed by atoms with Gasteiger partial charge in [0.25, 0.3) is 0 Å². The fraction of sp³-hybridized carbons (Fsp3) is 0.200. The third-order valence-electron chi connectivity index (χ3n) is 0.726. The molecule has 0 saturated carbocycles. The Balaban J connectivity index is 2.61. The van der Waals surface area contributed by atoms with E-state index in [-0.39, 0.29) is 0 Å². The quantitative estimate of drug-likeness (QED) is 0.490. The average molecular weight is 145 g/mol. The van der Waals surface area contributed by atoms with Crippen LogP contribution in [0, 0.1) is 0 Å². The first kappa shape index (κ1) is 4.13. The first-order valence-electron chi connectivity index (χ1n) is 1.91. The zero-order valence-corrected chi connectivity index (χ0v) is 4.90. The standard InChI is InChI=1S/C5H5Br/c6-5-3-1-2-4-5/h1-3H,4H2. The summed E-state index contributed by atoms with van der Waals surface area (Å²) in [6, 6.07) is 0. The van der Waals surface area contributed by atoms with Crippen molar-refractivity contribution >= 4 is 15.9 Å². The summed E-state index contributed by atoms with van der Waals surface area (Å²) in [7, 11) is 0. The van der Waals surface area contributed by atoms with Gasteiger partial charge in [0.15, 0.2) is 0 Å². The molecule has 0 radical (unpaired) electrons. The maximum atomic E-state index is 3.34. The second kappa shape index (κ2) is 1.61. The van der Waals surface area contributed by atoms with Crippen molar-refractivity contribution in [1.29, 1.82) is 0 Å². The van der Waals surface area contributed by atoms with Crippen molar-refractivity contribution in [3.8, 4) is 0 Å². The zero-order chi connectivity index (χ0) is 4.41. The smallest absolute Gasteiger partial charge is 0.00117 e. The Morgan fingerprint density at radius 2 is 2.50 bits per heavy atom. The third kappa shape index (κ3) is 0.716. The van der Waals surface area contributed by atoms with E-state index < -0.39 is 0 Å². The first-order chi connectivity index (χ1) is 2.89. The molecule has 0 bridgehead atoms. The number of halogens is 1. The summed E-state index contributed by atoms with van der Waals surface area (Å²) in [5.74, 6) is 0. The van der Waals surface area contributed by atoms with Crippen molar-refractivity contribution in [3.05, 3.63) is 22.7 Å². The van der Waals surface area contributed by atoms with Crippen LogP contribution in [-0.4, -0.2) is 0 Å². The molecule has 0 saturated heterocycles. The minimum absolute atomic E-state index is 1.08. The molecule has 0 unspecified atom stereocenters. The lowest BCUT2D eigenvalue weighted by atomic mass is 10.5. The van der Waals surface area contributed by atoms with Crippen molar-refractivity contribution in [2.45, 2.75) is 6.42 Å². The molecular weight excluding hydrogens is 140 g/mol. The lowest BCUT2D eigenvalue weighted by Crippen LogP contribution is -1.51. The largest absolute Gasteiger partial charge is 0.0796 e. The Hall–Kier alpha value is -0.0400. The van der Waals surface area contributed by atoms with E-state index in [4.69, 9.17) is 0 Å². The Morgan fingerprint density at radius 3 is 2.67 bits per heavy atom. The number of allylic oxidation sites excluding steroid dienone is 4. The Labute approximate surface area is 45.7 Å². The fourth-order valence-corrected chi connectivity index (χ4v) is 0.761. The highest BCUT2D eigenvalue weighted by Gasteiger charge is 1.88. The molecule has 0 atom stereocenters. The van der Waals surface area contributed by atoms with Gasteiger partial charge in [0.05, 0.1) is 0 Å². The van der Waals surface area contributed by atoms with Crippen LogP contribution in [0.5, 0.6) is 0 Å². The maximum absolute atomic E-state index is 3.34. The lowest BCUT2D eigenvalue weighted by Gasteiger charge is -1.75. The van der Waals surface area contributed by atoms with E-state index in [0.29, 0.717) is 0 Å². The number of hydrogen-bond donors (Lipinski definition) is 0. The molecule has 1 aliphatic carbocycles. The molecule has 0 amide bonds. The molecule has 1 aliphatic rings. The summed E-state index contributed by atoms with van der Waals surface area (Å²) in [6.07, 6.45) is 7.30. The summed E-state index contributed by atoms with van der Waals surface area (Å²) >= 11 is 3.34. The Bertz CT molecular complexity index is 101. The molecule has 0 aromatic carbocycles. The van der Waals surface area contributed by atoms with E-state index in [9.17, 15) is 0 Å². The van der Waals surface area contributed by atoms with Gasteiger partial charge in [-0.15, -0.1) is 0 Å². The van der Waals surface area contributed by atoms with Gasteiger partial charge in [0.2, 0.25) is 0 Å². The summed E-state index contributed by atoms with van der Waals surface area (Å²) in [5, 5.41) is 0. The second-order valence-corrected chi connectivity index (χ2v) is 2.26. The van der Waals surface area contributed by atoms with Crippen LogP contribution >= 0.6 is 15.9 Å². The first-order valence-corrected chi connectivity index (χ1v) is 2.70. The van der Waals surface area contributed by atoms with Gasteiger partial charge in [-0.2, -0.15) is 0 Å². The molecule has 1 heteroatoms. The molecule has 0 aromatic rings. The molecular formula is C5H5Br. The van der Waals surface area contributed by atoms with Gasteiger partial charge in [0, 0.05) is 0 Å². The molecule has 32 valence electrons. The normalized spacial score (nSPS) is 18.5. The summed E-state index contributed by atoms with van der Waals surface area (Å²) in [5.41, 5.74) is 0. The molecule has 0 aliphatic heterocycles. The van der Waals surface area contributed by atoms with E-state index in [2.05, 4.69) is 28.1 Å². The van der Waals surface area contributed by atoms with Crippen LogP contribution in [0.25, 0.3) is 0 Å². The van der Waals surface area contributed by atoms with Crippen molar-refractivity contribution in [2.75, 3.05) is 0 Å². The van der Waals surface area contributed by atoms with E-state index >= 15 is 0 Å². The predicted octanol–water partition coefficient (Wildman–Crippen LogP) is 2.23. The van der Waals surface area contributed by atoms with Gasteiger partial charge in [-0.3, -0.25) is 0 Å². The second-order valence-electron chi connectivity index (χ2n) is 1.25. The molecule has 0 nitrogen and oxygen atoms in total. The zero-order valence-electron chi connectivity index (χ0n) is 3.32. The number of hydrogen-bond acceptors (Lipinski definition) is 0. The summed E-state index contributed by atoms with van der Waals surface area (Å²) in [4.78, 5) is 0. The van der Waals surface area contributed by atoms with E-state index in [0.717, 1.165) is 6.42 Å². The van der Waals surface area contributed by atoms with Crippen LogP contribution in [0.4, 0.5) is 0 Å². The molecule has 0 spiro atoms. The topological polar surface area (TPSA) is 0 Å². The minimum atomic E-state index is 1.08. The third-order valence-corrected chi connectivity index (χ3v) is 1.31. The fourth-order valence-electron chi connectivity index (χ4n) is 0.421. The van der Waals surface area contributed by atoms with Crippen LogP contribution in [0.3, 0.4) is 0 Å². The van der Waals surface area contributed by atoms with Gasteiger partial charge < -0.3 is 0 Å². The summed E-state index contributed by atoms with van der Waals surface area (Å²) < 4.78 is 1.28. The molecule has 6 heavy (non-hydrogen) atoms. The predicted molar refractivity (Wildman–Crippen MR) is 30.8 cm³/mol. The highest BCUT2D eigenvalue weighted by Crippen LogP contribution is 2.15. The van der Waals surface area contributed by atoms with Gasteiger partial charge in [-0.25, -0.2) is 0 Å².